The summed E-state index contributed by atoms with van der Waals surface area (Å²) >= 11 is 2.10. The maximum absolute atomic E-state index is 6.23. The van der Waals surface area contributed by atoms with Gasteiger partial charge in [-0.15, -0.1) is 0 Å². The molecule has 2 heterocycles. The van der Waals surface area contributed by atoms with Crippen molar-refractivity contribution in [1.82, 2.24) is 5.32 Å². The number of nitrogens with one attached hydrogen (secondary N) is 1. The Morgan fingerprint density at radius 3 is 2.85 bits per heavy atom. The predicted octanol–water partition coefficient (Wildman–Crippen LogP) is 3.31. The molecule has 0 radical (unpaired) electrons. The third-order valence-electron chi connectivity index (χ3n) is 6.43. The van der Waals surface area contributed by atoms with Crippen LogP contribution < -0.4 is 5.32 Å². The molecule has 1 spiro atoms. The van der Waals surface area contributed by atoms with E-state index in [4.69, 9.17) is 4.74 Å². The number of hydrogen-bond acceptors (Lipinski definition) is 3. The van der Waals surface area contributed by atoms with Crippen LogP contribution >= 0.6 is 11.8 Å². The van der Waals surface area contributed by atoms with Crippen molar-refractivity contribution < 1.29 is 4.74 Å². The molecule has 2 aliphatic heterocycles. The van der Waals surface area contributed by atoms with Crippen molar-refractivity contribution in [2.24, 2.45) is 23.7 Å². The summed E-state index contributed by atoms with van der Waals surface area (Å²) in [6, 6.07) is 0.793. The van der Waals surface area contributed by atoms with E-state index < -0.39 is 0 Å². The molecule has 0 aromatic carbocycles. The zero-order valence-corrected chi connectivity index (χ0v) is 13.6. The third kappa shape index (κ3) is 2.34. The highest BCUT2D eigenvalue weighted by Gasteiger charge is 2.58. The van der Waals surface area contributed by atoms with Gasteiger partial charge in [-0.1, -0.05) is 13.3 Å². The van der Waals surface area contributed by atoms with Crippen molar-refractivity contribution >= 4 is 11.8 Å². The van der Waals surface area contributed by atoms with Crippen LogP contribution in [0.2, 0.25) is 0 Å². The van der Waals surface area contributed by atoms with Crippen molar-refractivity contribution in [1.29, 1.82) is 0 Å². The lowest BCUT2D eigenvalue weighted by Crippen LogP contribution is -2.48. The van der Waals surface area contributed by atoms with Crippen LogP contribution in [0.3, 0.4) is 0 Å². The molecule has 5 atom stereocenters. The minimum absolute atomic E-state index is 0.255. The first kappa shape index (κ1) is 13.9. The molecule has 0 amide bonds. The molecule has 5 unspecified atom stereocenters. The highest BCUT2D eigenvalue weighted by Crippen LogP contribution is 2.60. The van der Waals surface area contributed by atoms with Gasteiger partial charge < -0.3 is 10.1 Å². The maximum atomic E-state index is 6.23. The van der Waals surface area contributed by atoms with Crippen LogP contribution in [0.15, 0.2) is 0 Å². The lowest BCUT2D eigenvalue weighted by Gasteiger charge is -2.41. The quantitative estimate of drug-likeness (QED) is 0.860. The molecule has 2 nitrogen and oxygen atoms in total. The molecule has 0 aromatic rings. The van der Waals surface area contributed by atoms with Gasteiger partial charge in [0.05, 0.1) is 5.60 Å². The zero-order valence-electron chi connectivity index (χ0n) is 12.8. The average Bonchev–Trinajstić information content (AvgIpc) is 2.85. The molecule has 4 rings (SSSR count). The van der Waals surface area contributed by atoms with E-state index in [-0.39, 0.29) is 5.60 Å². The maximum Gasteiger partial charge on any atom is 0.0783 e. The molecule has 2 aliphatic carbocycles. The summed E-state index contributed by atoms with van der Waals surface area (Å²) in [5.74, 6) is 6.61. The third-order valence-corrected chi connectivity index (χ3v) is 7.66. The van der Waals surface area contributed by atoms with Crippen LogP contribution in [0.4, 0.5) is 0 Å². The van der Waals surface area contributed by atoms with Gasteiger partial charge in [-0.05, 0) is 68.1 Å². The second kappa shape index (κ2) is 5.48. The first-order valence-corrected chi connectivity index (χ1v) is 9.93. The fourth-order valence-electron chi connectivity index (χ4n) is 5.50. The first-order chi connectivity index (χ1) is 9.83. The fraction of sp³-hybridized carbons (Fsp3) is 1.00. The molecule has 2 saturated carbocycles. The summed E-state index contributed by atoms with van der Waals surface area (Å²) in [6.45, 7) is 4.43. The standard InChI is InChI=1S/C17H29NOS/c1-2-18-16(15-13-4-3-5-14(13)15)12-6-8-19-17(10-12)7-9-20-11-17/h12-16,18H,2-11H2,1H3. The molecule has 0 aromatic heterocycles. The van der Waals surface area contributed by atoms with E-state index in [1.54, 1.807) is 0 Å². The smallest absolute Gasteiger partial charge is 0.0783 e. The Hall–Kier alpha value is 0.270. The van der Waals surface area contributed by atoms with Gasteiger partial charge in [0.1, 0.15) is 0 Å². The normalized spacial score (nSPS) is 48.5. The minimum atomic E-state index is 0.255. The Labute approximate surface area is 127 Å². The van der Waals surface area contributed by atoms with E-state index in [1.807, 2.05) is 0 Å². The van der Waals surface area contributed by atoms with Crippen LogP contribution in [0.25, 0.3) is 0 Å². The van der Waals surface area contributed by atoms with E-state index in [0.717, 1.165) is 42.9 Å². The lowest BCUT2D eigenvalue weighted by molar-refractivity contribution is -0.0868. The van der Waals surface area contributed by atoms with Crippen molar-refractivity contribution in [2.75, 3.05) is 24.7 Å². The average molecular weight is 295 g/mol. The molecular formula is C17H29NOS. The van der Waals surface area contributed by atoms with Gasteiger partial charge in [-0.2, -0.15) is 11.8 Å². The Bertz CT molecular complexity index is 345. The topological polar surface area (TPSA) is 21.3 Å². The molecule has 0 bridgehead atoms. The summed E-state index contributed by atoms with van der Waals surface area (Å²) in [6.07, 6.45) is 8.44. The number of hydrogen-bond donors (Lipinski definition) is 1. The van der Waals surface area contributed by atoms with Crippen LogP contribution in [-0.4, -0.2) is 36.3 Å². The summed E-state index contributed by atoms with van der Waals surface area (Å²) < 4.78 is 6.23. The van der Waals surface area contributed by atoms with E-state index >= 15 is 0 Å². The van der Waals surface area contributed by atoms with Crippen molar-refractivity contribution in [3.05, 3.63) is 0 Å². The molecule has 20 heavy (non-hydrogen) atoms. The highest BCUT2D eigenvalue weighted by molar-refractivity contribution is 7.99. The van der Waals surface area contributed by atoms with Crippen LogP contribution in [0.5, 0.6) is 0 Å². The molecule has 3 heteroatoms. The summed E-state index contributed by atoms with van der Waals surface area (Å²) in [4.78, 5) is 0. The number of ether oxygens (including phenoxy) is 1. The SMILES string of the molecule is CCNC(C1CCOC2(CCSC2)C1)C1C2CCCC21. The molecule has 2 saturated heterocycles. The van der Waals surface area contributed by atoms with Gasteiger partial charge >= 0.3 is 0 Å². The Balaban J connectivity index is 1.45. The molecule has 1 N–H and O–H groups in total. The number of thioether (sulfide) groups is 1. The minimum Gasteiger partial charge on any atom is -0.374 e. The van der Waals surface area contributed by atoms with E-state index in [0.29, 0.717) is 0 Å². The Kier molecular flexibility index (Phi) is 3.81. The monoisotopic (exact) mass is 295 g/mol. The Morgan fingerprint density at radius 2 is 2.15 bits per heavy atom. The van der Waals surface area contributed by atoms with Crippen molar-refractivity contribution in [2.45, 2.75) is 57.1 Å². The van der Waals surface area contributed by atoms with Crippen molar-refractivity contribution in [3.8, 4) is 0 Å². The molecular weight excluding hydrogens is 266 g/mol. The Morgan fingerprint density at radius 1 is 1.30 bits per heavy atom. The van der Waals surface area contributed by atoms with Crippen LogP contribution in [0, 0.1) is 23.7 Å². The van der Waals surface area contributed by atoms with Crippen LogP contribution in [-0.2, 0) is 4.74 Å². The molecule has 4 aliphatic rings. The molecule has 114 valence electrons. The predicted molar refractivity (Wildman–Crippen MR) is 85.1 cm³/mol. The largest absolute Gasteiger partial charge is 0.374 e. The van der Waals surface area contributed by atoms with Gasteiger partial charge in [0, 0.05) is 18.4 Å². The van der Waals surface area contributed by atoms with E-state index in [2.05, 4.69) is 24.0 Å². The van der Waals surface area contributed by atoms with Gasteiger partial charge in [0.2, 0.25) is 0 Å². The number of fused-ring (bicyclic) bond motifs is 1. The second-order valence-corrected chi connectivity index (χ2v) is 8.61. The van der Waals surface area contributed by atoms with Crippen molar-refractivity contribution in [3.63, 3.8) is 0 Å². The second-order valence-electron chi connectivity index (χ2n) is 7.51. The molecule has 4 fully saturated rings. The summed E-state index contributed by atoms with van der Waals surface area (Å²) in [7, 11) is 0. The number of rotatable bonds is 4. The first-order valence-electron chi connectivity index (χ1n) is 8.78. The van der Waals surface area contributed by atoms with Crippen LogP contribution in [0.1, 0.15) is 45.4 Å². The lowest BCUT2D eigenvalue weighted by atomic mass is 9.78. The highest BCUT2D eigenvalue weighted by atomic mass is 32.2. The summed E-state index contributed by atoms with van der Waals surface area (Å²) in [5.41, 5.74) is 0.255. The van der Waals surface area contributed by atoms with Gasteiger partial charge in [0.25, 0.3) is 0 Å². The van der Waals surface area contributed by atoms with Gasteiger partial charge in [-0.25, -0.2) is 0 Å². The zero-order chi connectivity index (χ0) is 13.6. The van der Waals surface area contributed by atoms with Gasteiger partial charge in [0.15, 0.2) is 0 Å². The fourth-order valence-corrected chi connectivity index (χ4v) is 6.88. The van der Waals surface area contributed by atoms with Gasteiger partial charge in [-0.3, -0.25) is 0 Å². The summed E-state index contributed by atoms with van der Waals surface area (Å²) in [5, 5.41) is 3.89. The van der Waals surface area contributed by atoms with E-state index in [1.165, 1.54) is 50.0 Å². The van der Waals surface area contributed by atoms with E-state index in [9.17, 15) is 0 Å².